The van der Waals surface area contributed by atoms with Gasteiger partial charge in [-0.25, -0.2) is 77.9 Å². The molecule has 1 unspecified atom stereocenters. The molecule has 6 aromatic heterocycles. The van der Waals surface area contributed by atoms with Crippen molar-refractivity contribution < 1.29 is 117 Å². The quantitative estimate of drug-likeness (QED) is 0.00440. The van der Waals surface area contributed by atoms with Gasteiger partial charge in [0.1, 0.15) is 63.5 Å². The second-order valence-electron chi connectivity index (χ2n) is 25.1. The van der Waals surface area contributed by atoms with Crippen molar-refractivity contribution in [2.75, 3.05) is 83.5 Å². The summed E-state index contributed by atoms with van der Waals surface area (Å²) in [6, 6.07) is 9.49. The van der Waals surface area contributed by atoms with Gasteiger partial charge in [-0.3, -0.25) is 15.1 Å². The van der Waals surface area contributed by atoms with E-state index in [2.05, 4.69) is 50.0 Å². The summed E-state index contributed by atoms with van der Waals surface area (Å²) in [4.78, 5) is 122. The van der Waals surface area contributed by atoms with Crippen molar-refractivity contribution in [1.29, 1.82) is 26.8 Å². The Morgan fingerprint density at radius 1 is 0.645 bits per heavy atom. The number of allylic oxidation sites excluding steroid dienone is 1. The van der Waals surface area contributed by atoms with Crippen molar-refractivity contribution in [3.05, 3.63) is 94.6 Å². The SMILES string of the molecule is CC(C)(C)OC(=O)Nc1nn2cccnc2c1C(=O)O.CCO.CCOC(=O)/C(C#N)=C(\N)C(Cl)(Cl)Cl.CCOC(=O)C1=C(N)CN=C1N.CCOC(=O)CC#N.CCOC(=O)c1c(N(C(=O)OC(C)(C)C)C(=O)OC(C)(C)C)nn2cccnc12.CCOC(=O)c1c(N)nn2cccnc12.COC(C)CC(OC)OC.N#CC(Cl)(Cl)Cl.N=N.O=BC#CO.[HH]. The molecule has 0 aromatic carbocycles. The Morgan fingerprint density at radius 3 is 1.40 bits per heavy atom. The summed E-state index contributed by atoms with van der Waals surface area (Å²) < 4.78 is 63.7. The topological polar surface area (TPSA) is 674 Å². The molecular weight excluding hydrogens is 1770 g/mol. The predicted molar refractivity (Wildman–Crippen MR) is 453 cm³/mol. The third kappa shape index (κ3) is 47.4. The molecule has 1 aliphatic heterocycles. The zero-order chi connectivity index (χ0) is 96.6. The van der Waals surface area contributed by atoms with E-state index >= 15 is 0 Å². The summed E-state index contributed by atoms with van der Waals surface area (Å²) >= 11 is 30.8. The molecule has 7 rings (SSSR count). The molecule has 0 aliphatic carbocycles. The molecular formula is C72H102BCl6N21O24. The van der Waals surface area contributed by atoms with Crippen LogP contribution in [0.2, 0.25) is 0 Å². The van der Waals surface area contributed by atoms with E-state index in [0.717, 1.165) is 6.42 Å². The molecule has 0 radical (unpaired) electrons. The number of amides is 3. The fourth-order valence-corrected chi connectivity index (χ4v) is 7.89. The van der Waals surface area contributed by atoms with Gasteiger partial charge in [0, 0.05) is 78.7 Å². The number of nitriles is 3. The van der Waals surface area contributed by atoms with Gasteiger partial charge in [0.15, 0.2) is 46.3 Å². The number of ether oxygens (including phenoxy) is 11. The summed E-state index contributed by atoms with van der Waals surface area (Å²) in [5.41, 5.74) is 29.5. The number of nitrogens with one attached hydrogen (secondary N) is 3. The number of carbonyl (C=O) groups is 9. The molecule has 1 aliphatic rings. The molecule has 6 aromatic rings. The number of methoxy groups -OCH3 is 3. The molecule has 3 amide bonds. The van der Waals surface area contributed by atoms with Crippen LogP contribution in [0.15, 0.2) is 82.9 Å². The van der Waals surface area contributed by atoms with Gasteiger partial charge in [-0.05, 0) is 129 Å². The standard InChI is InChI=1S/C19H26N4O6.C12H14N4O4.C9H10N4O2.C7H7Cl3N2O2.C7H11N3O2.C7H16O3.C5H7NO2.C2HBO2.C2Cl3N.C2H6O.H2N2.H2/c1-8-27-15(24)12-13-20-10-9-11-22(13)21-14(12)23(16(25)28-18(2,3)4)17(26)29-19(5,6)7;1-12(2,3)20-11(19)14-8-7(10(17)18)9-13-5-4-6-16(9)15-8;1-2-15-9(14)6-7(10)12-13-5-3-4-11-8(6)13;1-2-14-6(13)4(3-11)5(12)7(8,9)10;1-2-12-7(11)5-4(8)3-10-6(5)9;1-6(8-2)5-7(9-3)10-4;1-2-8-5(7)3-4-6;4-2-1-3-5;3-2(4,5)1-6;1-2-3;1-2;/h9-11H,8H2,1-7H3;4-6H,1-3H3,(H,17,18)(H,14,15,19);3-5H,2H2,1H3,(H2,10,12);2,12H2,1H3;2-3,8H2,1H3,(H2,9,10);6-7H,5H2,1-4H3;2-3H2,1H3;4H;;3H,2H2,1H3;1-2H;1H/b;;;5-4-;;;;;;;;. The summed E-state index contributed by atoms with van der Waals surface area (Å²) in [6.45, 7) is 28.7. The number of hydrogen-bond acceptors (Lipinski definition) is 39. The minimum absolute atomic E-state index is 0. The minimum atomic E-state index is -1.99. The number of esters is 5. The van der Waals surface area contributed by atoms with Crippen molar-refractivity contribution in [2.24, 2.45) is 22.2 Å². The third-order valence-corrected chi connectivity index (χ3v) is 13.1. The van der Waals surface area contributed by atoms with Crippen molar-refractivity contribution in [3.63, 3.8) is 0 Å². The number of anilines is 3. The Balaban J connectivity index is -0.000000448. The summed E-state index contributed by atoms with van der Waals surface area (Å²) in [5, 5.41) is 63.0. The monoisotopic (exact) mass is 1870 g/mol. The van der Waals surface area contributed by atoms with E-state index in [4.69, 9.17) is 177 Å². The first-order valence-electron chi connectivity index (χ1n) is 35.5. The number of carboxylic acids is 1. The number of aliphatic imine (C=N–C) groups is 1. The van der Waals surface area contributed by atoms with E-state index in [0.29, 0.717) is 49.8 Å². The number of imide groups is 1. The van der Waals surface area contributed by atoms with Crippen molar-refractivity contribution >= 4 is 171 Å². The number of rotatable bonds is 18. The Hall–Kier alpha value is -12.1. The van der Waals surface area contributed by atoms with E-state index in [-0.39, 0.29) is 96.9 Å². The van der Waals surface area contributed by atoms with Crippen LogP contribution in [0.3, 0.4) is 0 Å². The Morgan fingerprint density at radius 2 is 1.06 bits per heavy atom. The van der Waals surface area contributed by atoms with Crippen LogP contribution in [0, 0.1) is 57.0 Å². The van der Waals surface area contributed by atoms with Gasteiger partial charge < -0.3 is 85.3 Å². The van der Waals surface area contributed by atoms with E-state index in [1.165, 1.54) is 56.6 Å². The third-order valence-electron chi connectivity index (χ3n) is 12.2. The Kier molecular flexibility index (Phi) is 58.4. The zero-order valence-corrected chi connectivity index (χ0v) is 75.6. The molecule has 45 nitrogen and oxygen atoms in total. The van der Waals surface area contributed by atoms with Gasteiger partial charge in [0.25, 0.3) is 3.79 Å². The van der Waals surface area contributed by atoms with Crippen LogP contribution in [-0.4, -0.2) is 230 Å². The number of aliphatic hydroxyl groups excluding tert-OH is 2. The maximum atomic E-state index is 12.9. The van der Waals surface area contributed by atoms with Crippen LogP contribution in [0.5, 0.6) is 0 Å². The Bertz CT molecular complexity index is 4710. The predicted octanol–water partition coefficient (Wildman–Crippen LogP) is 10.2. The molecule has 124 heavy (non-hydrogen) atoms. The van der Waals surface area contributed by atoms with Crippen molar-refractivity contribution in [2.45, 2.75) is 160 Å². The number of nitrogens with zero attached hydrogens (tertiary/aromatic N) is 14. The second kappa shape index (κ2) is 61.2. The molecule has 0 spiro atoms. The van der Waals surface area contributed by atoms with Gasteiger partial charge in [0.2, 0.25) is 3.79 Å². The number of carbonyl (C=O) groups excluding carboxylic acids is 8. The van der Waals surface area contributed by atoms with Crippen LogP contribution in [0.4, 0.5) is 31.8 Å². The van der Waals surface area contributed by atoms with Crippen molar-refractivity contribution in [3.8, 4) is 30.1 Å². The largest absolute Gasteiger partial charge is 0 e. The van der Waals surface area contributed by atoms with Gasteiger partial charge in [0.05, 0.1) is 57.4 Å². The number of amidine groups is 1. The number of nitrogen functional groups attached to an aromatic ring is 1. The van der Waals surface area contributed by atoms with Gasteiger partial charge in [-0.1, -0.05) is 69.6 Å². The second-order valence-corrected chi connectivity index (χ2v) is 29.6. The molecule has 0 bridgehead atoms. The number of aromatic nitrogens is 9. The fourth-order valence-electron chi connectivity index (χ4n) is 7.61. The van der Waals surface area contributed by atoms with Crippen LogP contribution in [0.1, 0.15) is 156 Å². The number of alkyl halides is 6. The van der Waals surface area contributed by atoms with Crippen LogP contribution >= 0.6 is 69.6 Å². The van der Waals surface area contributed by atoms with Crippen molar-refractivity contribution in [1.82, 2.24) is 43.8 Å². The first kappa shape index (κ1) is 118. The normalized spacial score (nSPS) is 11.3. The van der Waals surface area contributed by atoms with E-state index in [1.807, 2.05) is 6.92 Å². The number of hydrogen-bond donors (Lipinski definition) is 10. The number of aromatic carboxylic acids is 1. The summed E-state index contributed by atoms with van der Waals surface area (Å²) in [7, 11) is 5.24. The van der Waals surface area contributed by atoms with E-state index < -0.39 is 89.8 Å². The molecule has 7 heterocycles. The van der Waals surface area contributed by atoms with E-state index in [1.54, 1.807) is 168 Å². The number of aliphatic hydroxyl groups is 2. The molecule has 1 atom stereocenters. The van der Waals surface area contributed by atoms with Crippen LogP contribution in [-0.2, 0) is 71.2 Å². The maximum absolute atomic E-state index is 12.9. The van der Waals surface area contributed by atoms with Gasteiger partial charge in [-0.15, -0.1) is 15.3 Å². The number of halogens is 6. The summed E-state index contributed by atoms with van der Waals surface area (Å²) in [5.74, 6) is -2.71. The van der Waals surface area contributed by atoms with E-state index in [9.17, 15) is 48.3 Å². The van der Waals surface area contributed by atoms with Crippen LogP contribution < -0.4 is 33.2 Å². The molecule has 684 valence electrons. The molecule has 14 N–H and O–H groups in total. The average Bonchev–Trinajstić information content (AvgIpc) is 1.62. The maximum Gasteiger partial charge on any atom is 0 e. The number of nitrogens with two attached hydrogens (primary N) is 4. The molecule has 0 fully saturated rings. The Labute approximate surface area is 745 Å². The first-order valence-corrected chi connectivity index (χ1v) is 37.8. The minimum Gasteiger partial charge on any atom is 0 e. The fraction of sp³-hybridized carbons (Fsp3) is 0.486. The molecule has 0 saturated heterocycles. The summed E-state index contributed by atoms with van der Waals surface area (Å²) in [6.07, 6.45) is 8.40. The number of carboxylic acid groups (broad SMARTS) is 1. The van der Waals surface area contributed by atoms with Crippen LogP contribution in [0.25, 0.3) is 16.9 Å². The smallest absolute Gasteiger partial charge is 0 e. The average molecular weight is 1870 g/mol. The molecule has 52 heteroatoms. The van der Waals surface area contributed by atoms with Gasteiger partial charge in [-0.2, -0.15) is 20.7 Å². The first-order chi connectivity index (χ1) is 57.8. The zero-order valence-electron chi connectivity index (χ0n) is 71.0. The number of fused-ring (bicyclic) bond motifs is 3. The van der Waals surface area contributed by atoms with Gasteiger partial charge >= 0.3 is 83.0 Å². The molecule has 0 saturated carbocycles.